The van der Waals surface area contributed by atoms with Crippen LogP contribution in [-0.4, -0.2) is 51.5 Å². The molecule has 2 aromatic carbocycles. The van der Waals surface area contributed by atoms with E-state index in [4.69, 9.17) is 9.47 Å². The van der Waals surface area contributed by atoms with Gasteiger partial charge in [-0.1, -0.05) is 29.8 Å². The van der Waals surface area contributed by atoms with Crippen molar-refractivity contribution < 1.29 is 14.6 Å². The zero-order valence-corrected chi connectivity index (χ0v) is 19.7. The van der Waals surface area contributed by atoms with Gasteiger partial charge in [-0.25, -0.2) is 4.98 Å². The highest BCUT2D eigenvalue weighted by Gasteiger charge is 2.33. The van der Waals surface area contributed by atoms with Crippen LogP contribution >= 0.6 is 0 Å². The molecule has 6 heteroatoms. The molecule has 0 spiro atoms. The van der Waals surface area contributed by atoms with Gasteiger partial charge in [-0.05, 0) is 62.4 Å². The molecule has 0 atom stereocenters. The number of imidazole rings is 1. The van der Waals surface area contributed by atoms with Crippen LogP contribution in [0.3, 0.4) is 0 Å². The van der Waals surface area contributed by atoms with E-state index in [9.17, 15) is 5.11 Å². The maximum absolute atomic E-state index is 11.0. The number of aromatic nitrogens is 2. The van der Waals surface area contributed by atoms with Gasteiger partial charge in [0.1, 0.15) is 23.7 Å². The van der Waals surface area contributed by atoms with Crippen molar-refractivity contribution in [1.82, 2.24) is 14.5 Å². The third kappa shape index (κ3) is 6.83. The highest BCUT2D eigenvalue weighted by atomic mass is 16.5. The summed E-state index contributed by atoms with van der Waals surface area (Å²) in [7, 11) is 0. The van der Waals surface area contributed by atoms with Crippen molar-refractivity contribution in [3.05, 3.63) is 77.9 Å². The van der Waals surface area contributed by atoms with Crippen LogP contribution in [-0.2, 0) is 13.1 Å². The first-order chi connectivity index (χ1) is 16.0. The smallest absolute Gasteiger partial charge is 0.122 e. The molecule has 0 unspecified atom stereocenters. The van der Waals surface area contributed by atoms with E-state index in [0.717, 1.165) is 49.7 Å². The number of ether oxygens (including phenoxy) is 2. The van der Waals surface area contributed by atoms with Gasteiger partial charge in [0.15, 0.2) is 0 Å². The van der Waals surface area contributed by atoms with Gasteiger partial charge in [0, 0.05) is 38.6 Å². The lowest BCUT2D eigenvalue weighted by atomic mass is 9.92. The molecule has 0 radical (unpaired) electrons. The molecule has 1 aliphatic heterocycles. The van der Waals surface area contributed by atoms with Crippen molar-refractivity contribution in [2.75, 3.05) is 26.3 Å². The molecule has 1 aromatic heterocycles. The van der Waals surface area contributed by atoms with Crippen molar-refractivity contribution >= 4 is 0 Å². The van der Waals surface area contributed by atoms with Gasteiger partial charge in [-0.15, -0.1) is 0 Å². The Morgan fingerprint density at radius 3 is 2.67 bits per heavy atom. The van der Waals surface area contributed by atoms with E-state index in [-0.39, 0.29) is 0 Å². The van der Waals surface area contributed by atoms with Gasteiger partial charge in [0.2, 0.25) is 0 Å². The molecular formula is C27H35N3O3. The molecular weight excluding hydrogens is 414 g/mol. The maximum Gasteiger partial charge on any atom is 0.122 e. The van der Waals surface area contributed by atoms with Crippen LogP contribution in [0.4, 0.5) is 0 Å². The topological polar surface area (TPSA) is 59.8 Å². The van der Waals surface area contributed by atoms with Crippen molar-refractivity contribution in [2.24, 2.45) is 0 Å². The van der Waals surface area contributed by atoms with E-state index in [1.165, 1.54) is 11.1 Å². The minimum atomic E-state index is -0.770. The van der Waals surface area contributed by atoms with Crippen LogP contribution in [0.2, 0.25) is 0 Å². The second kappa shape index (κ2) is 10.9. The zero-order valence-electron chi connectivity index (χ0n) is 19.7. The molecule has 0 saturated carbocycles. The Bertz CT molecular complexity index is 1010. The number of likely N-dealkylation sites (tertiary alicyclic amines) is 1. The Balaban J connectivity index is 1.21. The Hall–Kier alpha value is -2.83. The third-order valence-electron chi connectivity index (χ3n) is 6.31. The molecule has 176 valence electrons. The fourth-order valence-corrected chi connectivity index (χ4v) is 4.29. The Kier molecular flexibility index (Phi) is 7.68. The summed E-state index contributed by atoms with van der Waals surface area (Å²) < 4.78 is 14.0. The molecule has 0 bridgehead atoms. The van der Waals surface area contributed by atoms with Gasteiger partial charge < -0.3 is 19.1 Å². The minimum absolute atomic E-state index is 0.340. The molecule has 1 aliphatic rings. The number of piperidine rings is 1. The molecule has 1 N–H and O–H groups in total. The molecule has 33 heavy (non-hydrogen) atoms. The first-order valence-corrected chi connectivity index (χ1v) is 11.8. The normalized spacial score (nSPS) is 16.0. The number of aryl methyl sites for hydroxylation is 3. The number of nitrogens with zero attached hydrogens (tertiary/aromatic N) is 3. The predicted molar refractivity (Wildman–Crippen MR) is 130 cm³/mol. The van der Waals surface area contributed by atoms with Crippen molar-refractivity contribution in [1.29, 1.82) is 0 Å². The van der Waals surface area contributed by atoms with Gasteiger partial charge in [-0.3, -0.25) is 4.90 Å². The summed E-state index contributed by atoms with van der Waals surface area (Å²) in [6, 6.07) is 14.5. The van der Waals surface area contributed by atoms with Crippen LogP contribution in [0.1, 0.15) is 36.0 Å². The summed E-state index contributed by atoms with van der Waals surface area (Å²) in [6.45, 7) is 8.61. The van der Waals surface area contributed by atoms with Crippen molar-refractivity contribution in [3.8, 4) is 11.5 Å². The largest absolute Gasteiger partial charge is 0.494 e. The average Bonchev–Trinajstić information content (AvgIpc) is 3.32. The second-order valence-corrected chi connectivity index (χ2v) is 9.21. The monoisotopic (exact) mass is 449 g/mol. The van der Waals surface area contributed by atoms with Gasteiger partial charge >= 0.3 is 0 Å². The van der Waals surface area contributed by atoms with Crippen molar-refractivity contribution in [2.45, 2.75) is 51.8 Å². The predicted octanol–water partition coefficient (Wildman–Crippen LogP) is 4.37. The van der Waals surface area contributed by atoms with E-state index in [0.29, 0.717) is 26.1 Å². The molecule has 6 nitrogen and oxygen atoms in total. The molecule has 1 saturated heterocycles. The first-order valence-electron chi connectivity index (χ1n) is 11.8. The average molecular weight is 450 g/mol. The summed E-state index contributed by atoms with van der Waals surface area (Å²) in [4.78, 5) is 6.45. The lowest BCUT2D eigenvalue weighted by molar-refractivity contribution is -0.0538. The summed E-state index contributed by atoms with van der Waals surface area (Å²) in [5.41, 5.74) is 2.79. The lowest BCUT2D eigenvalue weighted by Gasteiger charge is -2.38. The first kappa shape index (κ1) is 23.3. The maximum atomic E-state index is 11.0. The summed E-state index contributed by atoms with van der Waals surface area (Å²) in [6.07, 6.45) is 7.95. The molecule has 4 rings (SSSR count). The van der Waals surface area contributed by atoms with Crippen molar-refractivity contribution in [3.63, 3.8) is 0 Å². The van der Waals surface area contributed by atoms with E-state index >= 15 is 0 Å². The van der Waals surface area contributed by atoms with E-state index in [2.05, 4.69) is 45.6 Å². The quantitative estimate of drug-likeness (QED) is 0.466. The Labute approximate surface area is 196 Å². The van der Waals surface area contributed by atoms with E-state index < -0.39 is 5.60 Å². The van der Waals surface area contributed by atoms with Gasteiger partial charge in [-0.2, -0.15) is 0 Å². The summed E-state index contributed by atoms with van der Waals surface area (Å²) in [5.74, 6) is 1.77. The molecule has 0 aliphatic carbocycles. The number of rotatable bonds is 10. The molecule has 2 heterocycles. The zero-order chi connectivity index (χ0) is 23.1. The summed E-state index contributed by atoms with van der Waals surface area (Å²) >= 11 is 0. The number of aliphatic hydroxyl groups is 1. The van der Waals surface area contributed by atoms with E-state index in [1.807, 2.05) is 37.6 Å². The van der Waals surface area contributed by atoms with Crippen LogP contribution in [0.5, 0.6) is 11.5 Å². The fraction of sp³-hybridized carbons (Fsp3) is 0.444. The Morgan fingerprint density at radius 2 is 1.91 bits per heavy atom. The number of hydrogen-bond acceptors (Lipinski definition) is 5. The number of benzene rings is 2. The Morgan fingerprint density at radius 1 is 1.06 bits per heavy atom. The number of hydrogen-bond donors (Lipinski definition) is 1. The van der Waals surface area contributed by atoms with Crippen LogP contribution in [0.25, 0.3) is 0 Å². The summed E-state index contributed by atoms with van der Waals surface area (Å²) in [5, 5.41) is 11.0. The molecule has 3 aromatic rings. The van der Waals surface area contributed by atoms with Gasteiger partial charge in [0.05, 0.1) is 12.9 Å². The minimum Gasteiger partial charge on any atom is -0.494 e. The highest BCUT2D eigenvalue weighted by Crippen LogP contribution is 2.27. The fourth-order valence-electron chi connectivity index (χ4n) is 4.29. The van der Waals surface area contributed by atoms with Crippen LogP contribution < -0.4 is 9.47 Å². The lowest BCUT2D eigenvalue weighted by Crippen LogP contribution is -2.47. The van der Waals surface area contributed by atoms with E-state index in [1.54, 1.807) is 6.20 Å². The third-order valence-corrected chi connectivity index (χ3v) is 6.31. The van der Waals surface area contributed by atoms with Gasteiger partial charge in [0.25, 0.3) is 0 Å². The molecule has 1 fully saturated rings. The van der Waals surface area contributed by atoms with Crippen LogP contribution in [0.15, 0.2) is 61.2 Å². The SMILES string of the molecule is Cc1ccc(OCC2(O)CCN(Cc3cccc(OCCCn4ccnc4)c3)CC2)c(C)c1. The molecule has 0 amide bonds. The second-order valence-electron chi connectivity index (χ2n) is 9.21. The highest BCUT2D eigenvalue weighted by molar-refractivity contribution is 5.35. The van der Waals surface area contributed by atoms with Crippen LogP contribution in [0, 0.1) is 13.8 Å². The standard InChI is InChI=1S/C27H35N3O3/c1-22-7-8-26(23(2)17-22)33-20-27(31)9-13-29(14-10-27)19-24-5-3-6-25(18-24)32-16-4-12-30-15-11-28-21-30/h3,5-8,11,15,17-18,21,31H,4,9-10,12-14,16,19-20H2,1-2H3.